The molecule has 2 aliphatic rings. The summed E-state index contributed by atoms with van der Waals surface area (Å²) in [4.78, 5) is 40.5. The van der Waals surface area contributed by atoms with Crippen LogP contribution in [0.5, 0.6) is 0 Å². The van der Waals surface area contributed by atoms with Crippen molar-refractivity contribution in [1.29, 1.82) is 0 Å². The molecule has 1 N–H and O–H groups in total. The fraction of sp³-hybridized carbons (Fsp3) is 0.350. The van der Waals surface area contributed by atoms with Crippen LogP contribution in [0.25, 0.3) is 22.3 Å². The molecule has 2 unspecified atom stereocenters. The SMILES string of the molecule is CN(Cc1cc(N2CCOCC2)nc(Cl)n1)C(c1cccnc1)C(c1cccnc1)N(C)Cc1cc(N2CCOCC2)nc(-c2cc(F)cc3[nH]ccc23)n1. The van der Waals surface area contributed by atoms with Gasteiger partial charge in [0.2, 0.25) is 5.28 Å². The van der Waals surface area contributed by atoms with E-state index >= 15 is 0 Å². The first-order valence-electron chi connectivity index (χ1n) is 18.4. The minimum atomic E-state index is -0.356. The molecule has 1 aromatic carbocycles. The zero-order chi connectivity index (χ0) is 37.7. The third-order valence-corrected chi connectivity index (χ3v) is 10.3. The maximum atomic E-state index is 15.0. The number of aromatic nitrogens is 7. The molecule has 7 heterocycles. The highest BCUT2D eigenvalue weighted by Crippen LogP contribution is 2.39. The summed E-state index contributed by atoms with van der Waals surface area (Å²) in [5, 5.41) is 1.06. The summed E-state index contributed by atoms with van der Waals surface area (Å²) in [5.74, 6) is 1.67. The number of pyridine rings is 2. The molecule has 284 valence electrons. The van der Waals surface area contributed by atoms with Crippen LogP contribution in [0, 0.1) is 5.82 Å². The van der Waals surface area contributed by atoms with E-state index in [1.54, 1.807) is 18.6 Å². The number of halogens is 2. The molecular formula is C40H43ClFN11O2. The van der Waals surface area contributed by atoms with Crippen LogP contribution in [0.3, 0.4) is 0 Å². The van der Waals surface area contributed by atoms with E-state index in [1.807, 2.05) is 42.7 Å². The van der Waals surface area contributed by atoms with Gasteiger partial charge >= 0.3 is 0 Å². The molecule has 2 aliphatic heterocycles. The van der Waals surface area contributed by atoms with Gasteiger partial charge in [-0.15, -0.1) is 0 Å². The van der Waals surface area contributed by atoms with Crippen LogP contribution in [0.15, 0.2) is 85.6 Å². The fourth-order valence-electron chi connectivity index (χ4n) is 7.61. The van der Waals surface area contributed by atoms with Crippen LogP contribution in [-0.2, 0) is 22.6 Å². The number of ether oxygens (including phenoxy) is 2. The first-order chi connectivity index (χ1) is 26.9. The summed E-state index contributed by atoms with van der Waals surface area (Å²) in [6.45, 7) is 6.28. The second-order valence-corrected chi connectivity index (χ2v) is 14.2. The van der Waals surface area contributed by atoms with Gasteiger partial charge in [0.05, 0.1) is 49.9 Å². The van der Waals surface area contributed by atoms with Gasteiger partial charge in [0.15, 0.2) is 5.82 Å². The molecule has 0 aliphatic carbocycles. The molecule has 0 bridgehead atoms. The molecule has 0 saturated carbocycles. The Morgan fingerprint density at radius 2 is 1.31 bits per heavy atom. The van der Waals surface area contributed by atoms with Gasteiger partial charge in [-0.05, 0) is 67.2 Å². The number of hydrogen-bond acceptors (Lipinski definition) is 12. The smallest absolute Gasteiger partial charge is 0.224 e. The van der Waals surface area contributed by atoms with Crippen molar-refractivity contribution in [2.45, 2.75) is 25.2 Å². The lowest BCUT2D eigenvalue weighted by Gasteiger charge is -2.40. The highest BCUT2D eigenvalue weighted by atomic mass is 35.5. The highest BCUT2D eigenvalue weighted by Gasteiger charge is 2.33. The lowest BCUT2D eigenvalue weighted by Crippen LogP contribution is -2.39. The summed E-state index contributed by atoms with van der Waals surface area (Å²) < 4.78 is 26.2. The van der Waals surface area contributed by atoms with E-state index in [9.17, 15) is 4.39 Å². The second-order valence-electron chi connectivity index (χ2n) is 13.9. The minimum Gasteiger partial charge on any atom is -0.378 e. The van der Waals surface area contributed by atoms with Gasteiger partial charge in [-0.1, -0.05) is 12.1 Å². The van der Waals surface area contributed by atoms with Gasteiger partial charge in [-0.25, -0.2) is 24.3 Å². The normalized spacial score (nSPS) is 16.3. The summed E-state index contributed by atoms with van der Waals surface area (Å²) in [7, 11) is 4.18. The molecule has 0 radical (unpaired) electrons. The summed E-state index contributed by atoms with van der Waals surface area (Å²) in [6, 6.07) is 16.7. The van der Waals surface area contributed by atoms with Crippen LogP contribution in [0.2, 0.25) is 5.28 Å². The van der Waals surface area contributed by atoms with Crippen molar-refractivity contribution in [2.24, 2.45) is 0 Å². The number of anilines is 2. The van der Waals surface area contributed by atoms with E-state index in [1.165, 1.54) is 12.1 Å². The lowest BCUT2D eigenvalue weighted by atomic mass is 9.92. The van der Waals surface area contributed by atoms with Crippen molar-refractivity contribution in [2.75, 3.05) is 76.5 Å². The Morgan fingerprint density at radius 1 is 0.745 bits per heavy atom. The van der Waals surface area contributed by atoms with E-state index in [0.717, 1.165) is 52.6 Å². The number of H-pyrrole nitrogens is 1. The van der Waals surface area contributed by atoms with E-state index in [0.29, 0.717) is 69.5 Å². The number of fused-ring (bicyclic) bond motifs is 1. The Bertz CT molecular complexity index is 2200. The van der Waals surface area contributed by atoms with Crippen molar-refractivity contribution in [1.82, 2.24) is 44.7 Å². The fourth-order valence-corrected chi connectivity index (χ4v) is 7.80. The van der Waals surface area contributed by atoms with Crippen LogP contribution < -0.4 is 9.80 Å². The number of aromatic amines is 1. The molecule has 0 spiro atoms. The van der Waals surface area contributed by atoms with E-state index in [-0.39, 0.29) is 23.2 Å². The maximum Gasteiger partial charge on any atom is 0.224 e. The van der Waals surface area contributed by atoms with Gasteiger partial charge in [0, 0.05) is 98.9 Å². The van der Waals surface area contributed by atoms with E-state index in [4.69, 9.17) is 31.0 Å². The first-order valence-corrected chi connectivity index (χ1v) is 18.8. The minimum absolute atomic E-state index is 0.206. The molecule has 13 nitrogen and oxygen atoms in total. The lowest BCUT2D eigenvalue weighted by molar-refractivity contribution is 0.0995. The Hall–Kier alpha value is -5.12. The summed E-state index contributed by atoms with van der Waals surface area (Å²) in [5.41, 5.74) is 4.95. The molecule has 15 heteroatoms. The number of nitrogens with one attached hydrogen (secondary N) is 1. The molecule has 2 saturated heterocycles. The van der Waals surface area contributed by atoms with E-state index in [2.05, 4.69) is 70.7 Å². The van der Waals surface area contributed by atoms with Gasteiger partial charge in [0.25, 0.3) is 0 Å². The molecule has 2 atom stereocenters. The Kier molecular flexibility index (Phi) is 11.2. The topological polar surface area (TPSA) is 125 Å². The average Bonchev–Trinajstić information content (AvgIpc) is 3.69. The molecular weight excluding hydrogens is 721 g/mol. The van der Waals surface area contributed by atoms with Gasteiger partial charge in [0.1, 0.15) is 17.5 Å². The average molecular weight is 764 g/mol. The molecule has 6 aromatic rings. The van der Waals surface area contributed by atoms with Gasteiger partial charge in [-0.3, -0.25) is 19.8 Å². The number of hydrogen-bond donors (Lipinski definition) is 1. The predicted octanol–water partition coefficient (Wildman–Crippen LogP) is 5.72. The maximum absolute atomic E-state index is 15.0. The Morgan fingerprint density at radius 3 is 1.87 bits per heavy atom. The summed E-state index contributed by atoms with van der Waals surface area (Å²) >= 11 is 6.54. The Balaban J connectivity index is 1.18. The molecule has 0 amide bonds. The predicted molar refractivity (Wildman–Crippen MR) is 209 cm³/mol. The monoisotopic (exact) mass is 763 g/mol. The van der Waals surface area contributed by atoms with Crippen LogP contribution in [0.1, 0.15) is 34.6 Å². The van der Waals surface area contributed by atoms with Crippen molar-refractivity contribution in [3.8, 4) is 11.4 Å². The van der Waals surface area contributed by atoms with Crippen molar-refractivity contribution in [3.05, 3.63) is 119 Å². The first kappa shape index (κ1) is 36.8. The second kappa shape index (κ2) is 16.7. The number of morpholine rings is 2. The molecule has 5 aromatic heterocycles. The van der Waals surface area contributed by atoms with Crippen molar-refractivity contribution in [3.63, 3.8) is 0 Å². The molecule has 8 rings (SSSR count). The third-order valence-electron chi connectivity index (χ3n) is 10.2. The number of nitrogens with zero attached hydrogens (tertiary/aromatic N) is 10. The van der Waals surface area contributed by atoms with Gasteiger partial charge in [-0.2, -0.15) is 0 Å². The zero-order valence-electron chi connectivity index (χ0n) is 30.9. The number of benzene rings is 1. The molecule has 55 heavy (non-hydrogen) atoms. The van der Waals surface area contributed by atoms with Crippen LogP contribution in [-0.4, -0.2) is 111 Å². The number of likely N-dealkylation sites (N-methyl/N-ethyl adjacent to an activating group) is 2. The standard InChI is InChI=1S/C40H43ClFN11O2/c1-50(25-30-21-35(52-11-15-54-16-12-52)48-39(46-30)33-19-29(42)20-34-32(33)7-10-45-34)37(27-5-3-8-43-23-27)38(28-6-4-9-44-24-28)51(2)26-31-22-36(49-40(41)47-31)53-13-17-55-18-14-53/h3-10,19-24,37-38,45H,11-18,25-26H2,1-2H3. The quantitative estimate of drug-likeness (QED) is 0.154. The zero-order valence-corrected chi connectivity index (χ0v) is 31.6. The van der Waals surface area contributed by atoms with E-state index < -0.39 is 0 Å². The molecule has 2 fully saturated rings. The van der Waals surface area contributed by atoms with Crippen molar-refractivity contribution >= 4 is 34.1 Å². The third kappa shape index (κ3) is 8.43. The largest absolute Gasteiger partial charge is 0.378 e. The number of rotatable bonds is 12. The Labute approximate surface area is 324 Å². The highest BCUT2D eigenvalue weighted by molar-refractivity contribution is 6.28. The summed E-state index contributed by atoms with van der Waals surface area (Å²) in [6.07, 6.45) is 9.20. The van der Waals surface area contributed by atoms with Gasteiger partial charge < -0.3 is 24.3 Å². The van der Waals surface area contributed by atoms with Crippen LogP contribution >= 0.6 is 11.6 Å². The van der Waals surface area contributed by atoms with Crippen molar-refractivity contribution < 1.29 is 13.9 Å². The van der Waals surface area contributed by atoms with Crippen LogP contribution in [0.4, 0.5) is 16.0 Å².